The first-order valence-electron chi connectivity index (χ1n) is 7.14. The summed E-state index contributed by atoms with van der Waals surface area (Å²) in [5.41, 5.74) is -0.272. The maximum Gasteiger partial charge on any atom is 0.338 e. The van der Waals surface area contributed by atoms with Crippen LogP contribution in [0.15, 0.2) is 18.2 Å². The van der Waals surface area contributed by atoms with Gasteiger partial charge in [0.25, 0.3) is 11.6 Å². The van der Waals surface area contributed by atoms with E-state index in [1.54, 1.807) is 4.90 Å². The minimum absolute atomic E-state index is 0.0283. The minimum atomic E-state index is -0.730. The van der Waals surface area contributed by atoms with E-state index >= 15 is 0 Å². The van der Waals surface area contributed by atoms with Crippen molar-refractivity contribution in [2.45, 2.75) is 26.1 Å². The molecule has 0 spiro atoms. The third-order valence-electron chi connectivity index (χ3n) is 3.50. The Labute approximate surface area is 133 Å². The Morgan fingerprint density at radius 1 is 1.22 bits per heavy atom. The zero-order chi connectivity index (χ0) is 17.1. The number of ether oxygens (including phenoxy) is 2. The summed E-state index contributed by atoms with van der Waals surface area (Å²) >= 11 is 0. The molecule has 1 aromatic carbocycles. The number of morpholine rings is 1. The molecule has 0 saturated carbocycles. The van der Waals surface area contributed by atoms with Crippen molar-refractivity contribution in [1.82, 2.24) is 4.90 Å². The first-order chi connectivity index (χ1) is 10.8. The molecule has 124 valence electrons. The van der Waals surface area contributed by atoms with Gasteiger partial charge in [0, 0.05) is 30.8 Å². The van der Waals surface area contributed by atoms with E-state index in [2.05, 4.69) is 4.74 Å². The number of benzene rings is 1. The van der Waals surface area contributed by atoms with Crippen molar-refractivity contribution in [3.8, 4) is 0 Å². The standard InChI is InChI=1S/C15H18N2O6/c1-9-7-16(8-10(2)23-9)14(18)11-4-12(15(19)22-3)6-13(5-11)17(20)21/h4-6,9-10H,7-8H2,1-3H3/t9-,10-/m1/s1. The molecule has 1 aliphatic rings. The van der Waals surface area contributed by atoms with E-state index in [0.29, 0.717) is 13.1 Å². The molecular formula is C15H18N2O6. The third kappa shape index (κ3) is 3.84. The molecule has 23 heavy (non-hydrogen) atoms. The summed E-state index contributed by atoms with van der Waals surface area (Å²) in [6, 6.07) is 3.57. The van der Waals surface area contributed by atoms with Crippen LogP contribution in [0.3, 0.4) is 0 Å². The number of hydrogen-bond acceptors (Lipinski definition) is 6. The number of methoxy groups -OCH3 is 1. The molecule has 0 aromatic heterocycles. The molecule has 0 N–H and O–H groups in total. The molecule has 0 bridgehead atoms. The number of hydrogen-bond donors (Lipinski definition) is 0. The summed E-state index contributed by atoms with van der Waals surface area (Å²) in [7, 11) is 1.17. The van der Waals surface area contributed by atoms with Crippen molar-refractivity contribution in [3.05, 3.63) is 39.4 Å². The van der Waals surface area contributed by atoms with Gasteiger partial charge in [-0.15, -0.1) is 0 Å². The molecule has 2 atom stereocenters. The van der Waals surface area contributed by atoms with E-state index in [1.165, 1.54) is 19.2 Å². The van der Waals surface area contributed by atoms with Gasteiger partial charge >= 0.3 is 5.97 Å². The van der Waals surface area contributed by atoms with Gasteiger partial charge in [0.15, 0.2) is 0 Å². The molecule has 1 aliphatic heterocycles. The predicted octanol–water partition coefficient (Wildman–Crippen LogP) is 1.63. The second kappa shape index (κ2) is 6.74. The largest absolute Gasteiger partial charge is 0.465 e. The zero-order valence-corrected chi connectivity index (χ0v) is 13.1. The third-order valence-corrected chi connectivity index (χ3v) is 3.50. The molecule has 1 heterocycles. The van der Waals surface area contributed by atoms with Gasteiger partial charge in [-0.2, -0.15) is 0 Å². The number of nitrogens with zero attached hydrogens (tertiary/aromatic N) is 2. The number of amides is 1. The van der Waals surface area contributed by atoms with Crippen molar-refractivity contribution < 1.29 is 24.0 Å². The molecule has 1 fully saturated rings. The van der Waals surface area contributed by atoms with Crippen LogP contribution < -0.4 is 0 Å². The molecule has 1 aromatic rings. The van der Waals surface area contributed by atoms with Crippen molar-refractivity contribution in [2.24, 2.45) is 0 Å². The summed E-state index contributed by atoms with van der Waals surface area (Å²) in [4.78, 5) is 36.2. The van der Waals surface area contributed by atoms with Crippen molar-refractivity contribution in [2.75, 3.05) is 20.2 Å². The fraction of sp³-hybridized carbons (Fsp3) is 0.467. The van der Waals surface area contributed by atoms with Crippen molar-refractivity contribution >= 4 is 17.6 Å². The van der Waals surface area contributed by atoms with Crippen LogP contribution >= 0.6 is 0 Å². The zero-order valence-electron chi connectivity index (χ0n) is 13.1. The molecule has 8 nitrogen and oxygen atoms in total. The van der Waals surface area contributed by atoms with Gasteiger partial charge < -0.3 is 14.4 Å². The van der Waals surface area contributed by atoms with E-state index in [0.717, 1.165) is 6.07 Å². The lowest BCUT2D eigenvalue weighted by Gasteiger charge is -2.35. The highest BCUT2D eigenvalue weighted by Gasteiger charge is 2.28. The molecule has 0 unspecified atom stereocenters. The van der Waals surface area contributed by atoms with Crippen LogP contribution in [0.25, 0.3) is 0 Å². The highest BCUT2D eigenvalue weighted by molar-refractivity contribution is 5.99. The number of carbonyl (C=O) groups is 2. The monoisotopic (exact) mass is 322 g/mol. The smallest absolute Gasteiger partial charge is 0.338 e. The highest BCUT2D eigenvalue weighted by atomic mass is 16.6. The number of esters is 1. The second-order valence-electron chi connectivity index (χ2n) is 5.48. The maximum atomic E-state index is 12.6. The fourth-order valence-electron chi connectivity index (χ4n) is 2.60. The number of carbonyl (C=O) groups excluding carboxylic acids is 2. The quantitative estimate of drug-likeness (QED) is 0.476. The first kappa shape index (κ1) is 16.9. The fourth-order valence-corrected chi connectivity index (χ4v) is 2.60. The Morgan fingerprint density at radius 3 is 2.30 bits per heavy atom. The van der Waals surface area contributed by atoms with Crippen LogP contribution in [0.5, 0.6) is 0 Å². The molecule has 0 aliphatic carbocycles. The van der Waals surface area contributed by atoms with E-state index < -0.39 is 10.9 Å². The number of rotatable bonds is 3. The topological polar surface area (TPSA) is 99.0 Å². The average molecular weight is 322 g/mol. The van der Waals surface area contributed by atoms with Gasteiger partial charge in [0.2, 0.25) is 0 Å². The van der Waals surface area contributed by atoms with Crippen LogP contribution in [0, 0.1) is 10.1 Å². The Balaban J connectivity index is 2.37. The van der Waals surface area contributed by atoms with E-state index in [9.17, 15) is 19.7 Å². The van der Waals surface area contributed by atoms with Gasteiger partial charge in [-0.1, -0.05) is 0 Å². The number of nitro benzene ring substituents is 1. The van der Waals surface area contributed by atoms with Gasteiger partial charge in [-0.3, -0.25) is 14.9 Å². The lowest BCUT2D eigenvalue weighted by Crippen LogP contribution is -2.48. The predicted molar refractivity (Wildman–Crippen MR) is 80.3 cm³/mol. The number of nitro groups is 1. The van der Waals surface area contributed by atoms with Crippen LogP contribution in [0.2, 0.25) is 0 Å². The summed E-state index contributed by atoms with van der Waals surface area (Å²) in [6.07, 6.45) is -0.247. The van der Waals surface area contributed by atoms with Crippen molar-refractivity contribution in [3.63, 3.8) is 0 Å². The first-order valence-corrected chi connectivity index (χ1v) is 7.14. The summed E-state index contributed by atoms with van der Waals surface area (Å²) < 4.78 is 10.1. The molecule has 2 rings (SSSR count). The second-order valence-corrected chi connectivity index (χ2v) is 5.48. The molecule has 8 heteroatoms. The van der Waals surface area contributed by atoms with Crippen molar-refractivity contribution in [1.29, 1.82) is 0 Å². The Kier molecular flexibility index (Phi) is 4.95. The summed E-state index contributed by atoms with van der Waals surface area (Å²) in [5.74, 6) is -1.10. The summed E-state index contributed by atoms with van der Waals surface area (Å²) in [5, 5.41) is 11.0. The van der Waals surface area contributed by atoms with Crippen LogP contribution in [0.1, 0.15) is 34.6 Å². The normalized spacial score (nSPS) is 20.9. The van der Waals surface area contributed by atoms with Crippen LogP contribution in [-0.2, 0) is 9.47 Å². The number of non-ortho nitro benzene ring substituents is 1. The Bertz CT molecular complexity index is 635. The van der Waals surface area contributed by atoms with E-state index in [4.69, 9.17) is 4.74 Å². The van der Waals surface area contributed by atoms with Gasteiger partial charge in [-0.25, -0.2) is 4.79 Å². The molecule has 1 amide bonds. The lowest BCUT2D eigenvalue weighted by molar-refractivity contribution is -0.384. The Hall–Kier alpha value is -2.48. The van der Waals surface area contributed by atoms with Crippen LogP contribution in [-0.4, -0.2) is 54.1 Å². The molecule has 0 radical (unpaired) electrons. The lowest BCUT2D eigenvalue weighted by atomic mass is 10.1. The minimum Gasteiger partial charge on any atom is -0.465 e. The molecular weight excluding hydrogens is 304 g/mol. The highest BCUT2D eigenvalue weighted by Crippen LogP contribution is 2.21. The van der Waals surface area contributed by atoms with E-state index in [-0.39, 0.29) is 34.9 Å². The summed E-state index contributed by atoms with van der Waals surface area (Å²) in [6.45, 7) is 4.48. The SMILES string of the molecule is COC(=O)c1cc(C(=O)N2C[C@@H](C)O[C@H](C)C2)cc([N+](=O)[O-])c1. The average Bonchev–Trinajstić information content (AvgIpc) is 2.51. The van der Waals surface area contributed by atoms with E-state index in [1.807, 2.05) is 13.8 Å². The van der Waals surface area contributed by atoms with Gasteiger partial charge in [0.05, 0.1) is 29.8 Å². The van der Waals surface area contributed by atoms with Gasteiger partial charge in [0.1, 0.15) is 0 Å². The van der Waals surface area contributed by atoms with Crippen LogP contribution in [0.4, 0.5) is 5.69 Å². The van der Waals surface area contributed by atoms with Gasteiger partial charge in [-0.05, 0) is 19.9 Å². The maximum absolute atomic E-state index is 12.6. The Morgan fingerprint density at radius 2 is 1.78 bits per heavy atom. The molecule has 1 saturated heterocycles.